The van der Waals surface area contributed by atoms with Gasteiger partial charge in [0.2, 0.25) is 0 Å². The highest BCUT2D eigenvalue weighted by Crippen LogP contribution is 2.28. The summed E-state index contributed by atoms with van der Waals surface area (Å²) in [6.45, 7) is 3.24. The smallest absolute Gasteiger partial charge is 0.289 e. The fourth-order valence-electron chi connectivity index (χ4n) is 3.32. The number of carbonyl (C=O) groups excluding carboxylic acids is 1. The van der Waals surface area contributed by atoms with Crippen molar-refractivity contribution in [2.24, 2.45) is 0 Å². The average molecular weight is 323 g/mol. The van der Waals surface area contributed by atoms with Crippen molar-refractivity contribution >= 4 is 16.9 Å². The molecular formula is C18H17N3O3. The lowest BCUT2D eigenvalue weighted by atomic mass is 10.0. The van der Waals surface area contributed by atoms with Crippen LogP contribution in [0.1, 0.15) is 34.2 Å². The van der Waals surface area contributed by atoms with Gasteiger partial charge in [-0.25, -0.2) is 0 Å². The normalized spacial score (nSPS) is 17.5. The number of nitrogens with zero attached hydrogens (tertiary/aromatic N) is 2. The molecule has 6 nitrogen and oxygen atoms in total. The van der Waals surface area contributed by atoms with Crippen LogP contribution in [0.3, 0.4) is 0 Å². The summed E-state index contributed by atoms with van der Waals surface area (Å²) < 4.78 is 5.66. The molecule has 0 bridgehead atoms. The molecule has 0 unspecified atom stereocenters. The average Bonchev–Trinajstić information content (AvgIpc) is 3.22. The third-order valence-electron chi connectivity index (χ3n) is 4.60. The third-order valence-corrected chi connectivity index (χ3v) is 4.60. The number of hydrogen-bond donors (Lipinski definition) is 1. The molecule has 1 N–H and O–H groups in total. The standard InChI is InChI=1S/C18H17N3O3/c1-11-9-19-20-17(11)12-6-7-21(10-12)18(23)16-8-14(22)13-4-2-3-5-15(13)24-16/h2-5,8-9,12H,6-7,10H2,1H3,(H,19,20)/t12-/m0/s1. The molecule has 0 radical (unpaired) electrons. The van der Waals surface area contributed by atoms with Crippen LogP contribution in [0, 0.1) is 6.92 Å². The zero-order valence-corrected chi connectivity index (χ0v) is 13.3. The summed E-state index contributed by atoms with van der Waals surface area (Å²) in [5.74, 6) is 0.0989. The van der Waals surface area contributed by atoms with Crippen molar-refractivity contribution in [2.45, 2.75) is 19.3 Å². The molecule has 1 fully saturated rings. The van der Waals surface area contributed by atoms with Gasteiger partial charge in [-0.05, 0) is 31.0 Å². The Kier molecular flexibility index (Phi) is 3.45. The number of nitrogens with one attached hydrogen (secondary N) is 1. The van der Waals surface area contributed by atoms with Crippen LogP contribution in [0.25, 0.3) is 11.0 Å². The van der Waals surface area contributed by atoms with E-state index in [2.05, 4.69) is 10.2 Å². The monoisotopic (exact) mass is 323 g/mol. The number of benzene rings is 1. The fraction of sp³-hybridized carbons (Fsp3) is 0.278. The number of hydrogen-bond acceptors (Lipinski definition) is 4. The Hall–Kier alpha value is -2.89. The van der Waals surface area contributed by atoms with Gasteiger partial charge in [-0.1, -0.05) is 12.1 Å². The second-order valence-electron chi connectivity index (χ2n) is 6.17. The predicted molar refractivity (Wildman–Crippen MR) is 89.1 cm³/mol. The highest BCUT2D eigenvalue weighted by Gasteiger charge is 2.31. The Bertz CT molecular complexity index is 973. The predicted octanol–water partition coefficient (Wildman–Crippen LogP) is 2.45. The molecule has 3 heterocycles. The summed E-state index contributed by atoms with van der Waals surface area (Å²) in [6.07, 6.45) is 2.66. The van der Waals surface area contributed by atoms with Crippen molar-refractivity contribution in [1.29, 1.82) is 0 Å². The van der Waals surface area contributed by atoms with Crippen LogP contribution in [-0.4, -0.2) is 34.1 Å². The van der Waals surface area contributed by atoms with Crippen LogP contribution in [0.15, 0.2) is 45.7 Å². The number of aryl methyl sites for hydroxylation is 1. The summed E-state index contributed by atoms with van der Waals surface area (Å²) in [5, 5.41) is 7.56. The van der Waals surface area contributed by atoms with Crippen LogP contribution in [0.4, 0.5) is 0 Å². The van der Waals surface area contributed by atoms with E-state index in [1.165, 1.54) is 6.07 Å². The third kappa shape index (κ3) is 2.40. The van der Waals surface area contributed by atoms with Crippen LogP contribution in [0.5, 0.6) is 0 Å². The van der Waals surface area contributed by atoms with E-state index in [1.807, 2.05) is 6.92 Å². The minimum Gasteiger partial charge on any atom is -0.451 e. The molecule has 1 amide bonds. The maximum absolute atomic E-state index is 12.7. The molecule has 0 aliphatic carbocycles. The number of likely N-dealkylation sites (tertiary alicyclic amines) is 1. The van der Waals surface area contributed by atoms with Gasteiger partial charge >= 0.3 is 0 Å². The van der Waals surface area contributed by atoms with Crippen LogP contribution < -0.4 is 5.43 Å². The number of rotatable bonds is 2. The molecular weight excluding hydrogens is 306 g/mol. The Morgan fingerprint density at radius 3 is 3.00 bits per heavy atom. The van der Waals surface area contributed by atoms with E-state index in [9.17, 15) is 9.59 Å². The highest BCUT2D eigenvalue weighted by molar-refractivity contribution is 5.93. The van der Waals surface area contributed by atoms with Crippen LogP contribution in [0.2, 0.25) is 0 Å². The molecule has 2 aromatic heterocycles. The van der Waals surface area contributed by atoms with Gasteiger partial charge in [-0.2, -0.15) is 5.10 Å². The van der Waals surface area contributed by atoms with E-state index in [-0.39, 0.29) is 23.0 Å². The SMILES string of the molecule is Cc1cn[nH]c1[C@H]1CCN(C(=O)c2cc(=O)c3ccccc3o2)C1. The molecule has 1 saturated heterocycles. The molecule has 6 heteroatoms. The number of carbonyl (C=O) groups is 1. The van der Waals surface area contributed by atoms with Crippen molar-refractivity contribution in [3.8, 4) is 0 Å². The van der Waals surface area contributed by atoms with Crippen LogP contribution >= 0.6 is 0 Å². The van der Waals surface area contributed by atoms with E-state index in [1.54, 1.807) is 35.4 Å². The first kappa shape index (κ1) is 14.7. The number of aromatic amines is 1. The van der Waals surface area contributed by atoms with Gasteiger partial charge in [-0.3, -0.25) is 14.7 Å². The molecule has 0 spiro atoms. The zero-order chi connectivity index (χ0) is 16.7. The lowest BCUT2D eigenvalue weighted by molar-refractivity contribution is 0.0759. The first-order valence-corrected chi connectivity index (χ1v) is 7.95. The molecule has 1 aliphatic heterocycles. The molecule has 3 aromatic rings. The lowest BCUT2D eigenvalue weighted by Gasteiger charge is -2.16. The number of H-pyrrole nitrogens is 1. The summed E-state index contributed by atoms with van der Waals surface area (Å²) in [6, 6.07) is 8.25. The van der Waals surface area contributed by atoms with Gasteiger partial charge < -0.3 is 9.32 Å². The first-order valence-electron chi connectivity index (χ1n) is 7.95. The van der Waals surface area contributed by atoms with E-state index in [4.69, 9.17) is 4.42 Å². The maximum atomic E-state index is 12.7. The molecule has 1 aromatic carbocycles. The summed E-state index contributed by atoms with van der Waals surface area (Å²) >= 11 is 0. The number of aromatic nitrogens is 2. The van der Waals surface area contributed by atoms with E-state index < -0.39 is 0 Å². The molecule has 24 heavy (non-hydrogen) atoms. The first-order chi connectivity index (χ1) is 11.6. The quantitative estimate of drug-likeness (QED) is 0.785. The van der Waals surface area contributed by atoms with Gasteiger partial charge in [0.1, 0.15) is 5.58 Å². The molecule has 0 saturated carbocycles. The van der Waals surface area contributed by atoms with Crippen molar-refractivity contribution in [3.63, 3.8) is 0 Å². The largest absolute Gasteiger partial charge is 0.451 e. The Morgan fingerprint density at radius 2 is 2.21 bits per heavy atom. The second kappa shape index (κ2) is 5.63. The molecule has 122 valence electrons. The summed E-state index contributed by atoms with van der Waals surface area (Å²) in [4.78, 5) is 26.6. The van der Waals surface area contributed by atoms with Crippen molar-refractivity contribution in [1.82, 2.24) is 15.1 Å². The van der Waals surface area contributed by atoms with E-state index in [0.717, 1.165) is 17.7 Å². The highest BCUT2D eigenvalue weighted by atomic mass is 16.3. The molecule has 4 rings (SSSR count). The van der Waals surface area contributed by atoms with Crippen molar-refractivity contribution < 1.29 is 9.21 Å². The molecule has 1 atom stereocenters. The number of para-hydroxylation sites is 1. The minimum atomic E-state index is -0.238. The lowest BCUT2D eigenvalue weighted by Crippen LogP contribution is -2.29. The van der Waals surface area contributed by atoms with Gasteiger partial charge in [0.05, 0.1) is 11.6 Å². The second-order valence-corrected chi connectivity index (χ2v) is 6.17. The Labute approximate surface area is 138 Å². The van der Waals surface area contributed by atoms with Crippen molar-refractivity contribution in [3.05, 3.63) is 63.8 Å². The topological polar surface area (TPSA) is 79.2 Å². The Balaban J connectivity index is 1.61. The van der Waals surface area contributed by atoms with Gasteiger partial charge in [0.15, 0.2) is 11.2 Å². The maximum Gasteiger partial charge on any atom is 0.289 e. The minimum absolute atomic E-state index is 0.0979. The summed E-state index contributed by atoms with van der Waals surface area (Å²) in [7, 11) is 0. The van der Waals surface area contributed by atoms with Gasteiger partial charge in [-0.15, -0.1) is 0 Å². The van der Waals surface area contributed by atoms with Gasteiger partial charge in [0.25, 0.3) is 5.91 Å². The van der Waals surface area contributed by atoms with E-state index in [0.29, 0.717) is 24.1 Å². The molecule has 1 aliphatic rings. The summed E-state index contributed by atoms with van der Waals surface area (Å²) in [5.41, 5.74) is 2.42. The van der Waals surface area contributed by atoms with E-state index >= 15 is 0 Å². The number of fused-ring (bicyclic) bond motifs is 1. The fourth-order valence-corrected chi connectivity index (χ4v) is 3.32. The van der Waals surface area contributed by atoms with Crippen LogP contribution in [-0.2, 0) is 0 Å². The zero-order valence-electron chi connectivity index (χ0n) is 13.3. The number of amides is 1. The van der Waals surface area contributed by atoms with Gasteiger partial charge in [0, 0.05) is 30.8 Å². The Morgan fingerprint density at radius 1 is 1.38 bits per heavy atom. The van der Waals surface area contributed by atoms with Crippen molar-refractivity contribution in [2.75, 3.05) is 13.1 Å².